The molecule has 74 valence electrons. The van der Waals surface area contributed by atoms with Gasteiger partial charge in [-0.3, -0.25) is 0 Å². The lowest BCUT2D eigenvalue weighted by Gasteiger charge is -2.08. The summed E-state index contributed by atoms with van der Waals surface area (Å²) in [6, 6.07) is 21.4. The lowest BCUT2D eigenvalue weighted by molar-refractivity contribution is 1.36. The minimum absolute atomic E-state index is 0.591. The number of benzene rings is 2. The quantitative estimate of drug-likeness (QED) is 0.659. The van der Waals surface area contributed by atoms with E-state index >= 15 is 0 Å². The molecule has 0 amide bonds. The van der Waals surface area contributed by atoms with E-state index in [9.17, 15) is 0 Å². The smallest absolute Gasteiger partial charge is 0.0814 e. The molecule has 0 nitrogen and oxygen atoms in total. The molecule has 0 aliphatic carbocycles. The van der Waals surface area contributed by atoms with Crippen molar-refractivity contribution < 1.29 is 0 Å². The third-order valence-corrected chi connectivity index (χ3v) is 2.75. The van der Waals surface area contributed by atoms with Crippen molar-refractivity contribution in [3.05, 3.63) is 66.2 Å². The Balaban J connectivity index is 2.08. The molecule has 0 aliphatic heterocycles. The predicted molar refractivity (Wildman–Crippen MR) is 67.8 cm³/mol. The zero-order valence-corrected chi connectivity index (χ0v) is 9.06. The Morgan fingerprint density at radius 3 is 1.93 bits per heavy atom. The molecular formula is C14H15B. The number of rotatable bonds is 3. The molecule has 0 unspecified atom stereocenters. The van der Waals surface area contributed by atoms with E-state index in [2.05, 4.69) is 67.5 Å². The highest BCUT2D eigenvalue weighted by Gasteiger charge is 2.09. The first-order valence-electron chi connectivity index (χ1n) is 5.45. The van der Waals surface area contributed by atoms with Crippen LogP contribution < -0.4 is 5.46 Å². The highest BCUT2D eigenvalue weighted by molar-refractivity contribution is 6.71. The van der Waals surface area contributed by atoms with Gasteiger partial charge in [0.05, 0.1) is 0 Å². The van der Waals surface area contributed by atoms with Crippen LogP contribution in [0.4, 0.5) is 0 Å². The second-order valence-corrected chi connectivity index (χ2v) is 4.00. The molecule has 2 aromatic rings. The average Bonchev–Trinajstić information content (AvgIpc) is 2.31. The molecule has 0 atom stereocenters. The van der Waals surface area contributed by atoms with Gasteiger partial charge in [-0.2, -0.15) is 0 Å². The lowest BCUT2D eigenvalue weighted by Crippen LogP contribution is -2.28. The third kappa shape index (κ3) is 2.72. The topological polar surface area (TPSA) is 0 Å². The zero-order valence-electron chi connectivity index (χ0n) is 9.06. The normalized spacial score (nSPS) is 9.93. The Bertz CT molecular complexity index is 394. The summed E-state index contributed by atoms with van der Waals surface area (Å²) in [5.41, 5.74) is 2.83. The molecule has 1 heteroatoms. The van der Waals surface area contributed by atoms with Gasteiger partial charge in [-0.1, -0.05) is 78.5 Å². The van der Waals surface area contributed by atoms with Gasteiger partial charge in [-0.25, -0.2) is 0 Å². The van der Waals surface area contributed by atoms with E-state index in [0.717, 1.165) is 6.32 Å². The van der Waals surface area contributed by atoms with Gasteiger partial charge in [0.1, 0.15) is 0 Å². The van der Waals surface area contributed by atoms with E-state index in [0.29, 0.717) is 6.71 Å². The highest BCUT2D eigenvalue weighted by Crippen LogP contribution is 2.02. The fourth-order valence-corrected chi connectivity index (χ4v) is 1.87. The summed E-state index contributed by atoms with van der Waals surface area (Å²) in [6.45, 7) is 2.87. The first-order valence-corrected chi connectivity index (χ1v) is 5.45. The molecule has 0 saturated carbocycles. The Labute approximate surface area is 92.0 Å². The van der Waals surface area contributed by atoms with Crippen molar-refractivity contribution in [2.24, 2.45) is 0 Å². The molecule has 0 N–H and O–H groups in total. The highest BCUT2D eigenvalue weighted by atomic mass is 13.9. The maximum Gasteiger partial charge on any atom is 0.177 e. The molecule has 0 spiro atoms. The van der Waals surface area contributed by atoms with Crippen LogP contribution in [0.15, 0.2) is 60.7 Å². The second-order valence-electron chi connectivity index (χ2n) is 4.00. The molecule has 0 saturated heterocycles. The van der Waals surface area contributed by atoms with E-state index in [4.69, 9.17) is 0 Å². The third-order valence-electron chi connectivity index (χ3n) is 2.75. The van der Waals surface area contributed by atoms with Crippen LogP contribution in [0.3, 0.4) is 0 Å². The molecule has 0 heterocycles. The van der Waals surface area contributed by atoms with E-state index in [-0.39, 0.29) is 0 Å². The summed E-state index contributed by atoms with van der Waals surface area (Å²) in [5.74, 6) is 0. The molecule has 0 fully saturated rings. The van der Waals surface area contributed by atoms with Crippen LogP contribution in [0.1, 0.15) is 5.56 Å². The van der Waals surface area contributed by atoms with Crippen LogP contribution in [0, 0.1) is 0 Å². The molecule has 0 aliphatic rings. The summed E-state index contributed by atoms with van der Waals surface area (Å²) in [7, 11) is 0. The largest absolute Gasteiger partial charge is 0.177 e. The molecular weight excluding hydrogens is 179 g/mol. The lowest BCUT2D eigenvalue weighted by atomic mass is 9.44. The molecule has 0 radical (unpaired) electrons. The van der Waals surface area contributed by atoms with Crippen molar-refractivity contribution >= 4 is 12.2 Å². The summed E-state index contributed by atoms with van der Waals surface area (Å²) in [4.78, 5) is 0. The van der Waals surface area contributed by atoms with Crippen molar-refractivity contribution in [2.45, 2.75) is 13.1 Å². The maximum absolute atomic E-state index is 2.28. The standard InChI is InChI=1S/C14H15B/c1-15(14-10-6-3-7-11-14)12-13-8-4-2-5-9-13/h2-11H,12H2,1H3. The van der Waals surface area contributed by atoms with E-state index in [1.54, 1.807) is 0 Å². The van der Waals surface area contributed by atoms with E-state index < -0.39 is 0 Å². The van der Waals surface area contributed by atoms with Crippen molar-refractivity contribution in [2.75, 3.05) is 0 Å². The number of hydrogen-bond acceptors (Lipinski definition) is 0. The predicted octanol–water partition coefficient (Wildman–Crippen LogP) is 2.80. The van der Waals surface area contributed by atoms with Gasteiger partial charge < -0.3 is 0 Å². The van der Waals surface area contributed by atoms with E-state index in [1.165, 1.54) is 11.0 Å². The molecule has 0 aromatic heterocycles. The van der Waals surface area contributed by atoms with Crippen molar-refractivity contribution in [1.82, 2.24) is 0 Å². The van der Waals surface area contributed by atoms with Gasteiger partial charge in [0, 0.05) is 0 Å². The van der Waals surface area contributed by atoms with Gasteiger partial charge in [-0.05, 0) is 6.32 Å². The fourth-order valence-electron chi connectivity index (χ4n) is 1.87. The number of hydrogen-bond donors (Lipinski definition) is 0. The van der Waals surface area contributed by atoms with Crippen LogP contribution in [0.2, 0.25) is 6.82 Å². The Kier molecular flexibility index (Phi) is 3.23. The Morgan fingerprint density at radius 2 is 1.33 bits per heavy atom. The monoisotopic (exact) mass is 194 g/mol. The van der Waals surface area contributed by atoms with E-state index in [1.807, 2.05) is 0 Å². The molecule has 2 aromatic carbocycles. The van der Waals surface area contributed by atoms with Crippen molar-refractivity contribution in [3.63, 3.8) is 0 Å². The van der Waals surface area contributed by atoms with Gasteiger partial charge in [-0.15, -0.1) is 0 Å². The second kappa shape index (κ2) is 4.83. The Morgan fingerprint density at radius 1 is 0.800 bits per heavy atom. The summed E-state index contributed by atoms with van der Waals surface area (Å²) < 4.78 is 0. The summed E-state index contributed by atoms with van der Waals surface area (Å²) in [6.07, 6.45) is 1.12. The van der Waals surface area contributed by atoms with Gasteiger partial charge in [0.25, 0.3) is 0 Å². The van der Waals surface area contributed by atoms with Gasteiger partial charge in [0.15, 0.2) is 6.71 Å². The first-order chi connectivity index (χ1) is 7.36. The average molecular weight is 194 g/mol. The molecule has 0 bridgehead atoms. The molecule has 2 rings (SSSR count). The minimum atomic E-state index is 0.591. The van der Waals surface area contributed by atoms with Crippen molar-refractivity contribution in [3.8, 4) is 0 Å². The zero-order chi connectivity index (χ0) is 10.5. The minimum Gasteiger partial charge on any atom is -0.0814 e. The fraction of sp³-hybridized carbons (Fsp3) is 0.143. The van der Waals surface area contributed by atoms with Crippen LogP contribution >= 0.6 is 0 Å². The maximum atomic E-state index is 2.28. The SMILES string of the molecule is CB(Cc1ccccc1)c1ccccc1. The van der Waals surface area contributed by atoms with Crippen LogP contribution in [-0.2, 0) is 6.32 Å². The summed E-state index contributed by atoms with van der Waals surface area (Å²) in [5, 5.41) is 0. The van der Waals surface area contributed by atoms with Gasteiger partial charge in [0.2, 0.25) is 0 Å². The van der Waals surface area contributed by atoms with Crippen LogP contribution in [0.5, 0.6) is 0 Å². The van der Waals surface area contributed by atoms with Gasteiger partial charge >= 0.3 is 0 Å². The van der Waals surface area contributed by atoms with Crippen molar-refractivity contribution in [1.29, 1.82) is 0 Å². The Hall–Kier alpha value is -1.50. The van der Waals surface area contributed by atoms with Crippen LogP contribution in [0.25, 0.3) is 0 Å². The first kappa shape index (κ1) is 10.0. The summed E-state index contributed by atoms with van der Waals surface area (Å²) >= 11 is 0. The van der Waals surface area contributed by atoms with Crippen LogP contribution in [-0.4, -0.2) is 6.71 Å². The molecule has 15 heavy (non-hydrogen) atoms.